The van der Waals surface area contributed by atoms with Crippen molar-refractivity contribution in [1.82, 2.24) is 14.9 Å². The molecule has 1 aliphatic carbocycles. The molecule has 0 saturated heterocycles. The molecular formula is C15H20BrN3. The maximum atomic E-state index is 4.85. The first-order valence-electron chi connectivity index (χ1n) is 7.08. The summed E-state index contributed by atoms with van der Waals surface area (Å²) in [6.07, 6.45) is 3.59. The number of halogens is 1. The summed E-state index contributed by atoms with van der Waals surface area (Å²) in [5.74, 6) is 1.23. The third kappa shape index (κ3) is 2.70. The molecule has 102 valence electrons. The molecule has 1 atom stereocenters. The van der Waals surface area contributed by atoms with E-state index in [2.05, 4.69) is 57.9 Å². The van der Waals surface area contributed by atoms with Gasteiger partial charge in [-0.05, 0) is 44.5 Å². The number of likely N-dealkylation sites (N-methyl/N-ethyl adjacent to an activating group) is 1. The van der Waals surface area contributed by atoms with Crippen molar-refractivity contribution in [2.75, 3.05) is 6.54 Å². The Hall–Kier alpha value is -0.870. The summed E-state index contributed by atoms with van der Waals surface area (Å²) in [6, 6.07) is 7.57. The molecule has 0 bridgehead atoms. The maximum absolute atomic E-state index is 4.85. The van der Waals surface area contributed by atoms with E-state index in [1.54, 1.807) is 0 Å². The lowest BCUT2D eigenvalue weighted by Gasteiger charge is -2.13. The molecule has 0 aliphatic heterocycles. The topological polar surface area (TPSA) is 29.9 Å². The molecule has 0 amide bonds. The summed E-state index contributed by atoms with van der Waals surface area (Å²) < 4.78 is 3.56. The number of benzene rings is 1. The molecular weight excluding hydrogens is 302 g/mol. The molecule has 1 aromatic carbocycles. The highest BCUT2D eigenvalue weighted by Gasteiger charge is 2.28. The molecule has 3 rings (SSSR count). The van der Waals surface area contributed by atoms with Gasteiger partial charge in [0.15, 0.2) is 0 Å². The molecule has 1 saturated carbocycles. The Morgan fingerprint density at radius 3 is 2.95 bits per heavy atom. The summed E-state index contributed by atoms with van der Waals surface area (Å²) >= 11 is 3.53. The van der Waals surface area contributed by atoms with Gasteiger partial charge in [-0.2, -0.15) is 0 Å². The molecule has 1 aliphatic rings. The first kappa shape index (κ1) is 13.1. The van der Waals surface area contributed by atoms with Crippen LogP contribution in [0.4, 0.5) is 0 Å². The molecule has 0 radical (unpaired) electrons. The quantitative estimate of drug-likeness (QED) is 0.910. The van der Waals surface area contributed by atoms with E-state index in [1.807, 2.05) is 0 Å². The number of nitrogens with zero attached hydrogens (tertiary/aromatic N) is 2. The average molecular weight is 322 g/mol. The lowest BCUT2D eigenvalue weighted by Crippen LogP contribution is -2.28. The molecule has 1 unspecified atom stereocenters. The van der Waals surface area contributed by atoms with Crippen LogP contribution >= 0.6 is 15.9 Å². The van der Waals surface area contributed by atoms with Gasteiger partial charge >= 0.3 is 0 Å². The van der Waals surface area contributed by atoms with E-state index in [1.165, 1.54) is 24.2 Å². The van der Waals surface area contributed by atoms with Crippen LogP contribution in [-0.2, 0) is 6.42 Å². The second kappa shape index (κ2) is 5.25. The molecule has 2 aromatic rings. The van der Waals surface area contributed by atoms with Crippen molar-refractivity contribution in [3.8, 4) is 0 Å². The number of hydrogen-bond acceptors (Lipinski definition) is 2. The molecule has 19 heavy (non-hydrogen) atoms. The van der Waals surface area contributed by atoms with Crippen molar-refractivity contribution in [2.45, 2.75) is 45.2 Å². The summed E-state index contributed by atoms with van der Waals surface area (Å²) in [6.45, 7) is 5.39. The molecule has 1 N–H and O–H groups in total. The Morgan fingerprint density at radius 2 is 2.26 bits per heavy atom. The third-order valence-electron chi connectivity index (χ3n) is 3.68. The Morgan fingerprint density at radius 1 is 1.47 bits per heavy atom. The third-order valence-corrected chi connectivity index (χ3v) is 4.17. The average Bonchev–Trinajstić information content (AvgIpc) is 3.12. The first-order chi connectivity index (χ1) is 9.19. The number of rotatable bonds is 5. The van der Waals surface area contributed by atoms with Gasteiger partial charge in [0.2, 0.25) is 0 Å². The highest BCUT2D eigenvalue weighted by atomic mass is 79.9. The summed E-state index contributed by atoms with van der Waals surface area (Å²) in [5, 5.41) is 3.47. The Kier molecular flexibility index (Phi) is 3.63. The van der Waals surface area contributed by atoms with Gasteiger partial charge in [0.1, 0.15) is 5.82 Å². The van der Waals surface area contributed by atoms with E-state index in [4.69, 9.17) is 4.98 Å². The Bertz CT molecular complexity index is 586. The van der Waals surface area contributed by atoms with Crippen LogP contribution in [0, 0.1) is 0 Å². The van der Waals surface area contributed by atoms with E-state index < -0.39 is 0 Å². The van der Waals surface area contributed by atoms with Crippen molar-refractivity contribution < 1.29 is 0 Å². The number of imidazole rings is 1. The summed E-state index contributed by atoms with van der Waals surface area (Å²) in [5.41, 5.74) is 2.39. The van der Waals surface area contributed by atoms with Gasteiger partial charge in [-0.15, -0.1) is 0 Å². The zero-order chi connectivity index (χ0) is 13.4. The smallest absolute Gasteiger partial charge is 0.111 e. The number of nitrogens with one attached hydrogen (secondary N) is 1. The molecule has 4 heteroatoms. The van der Waals surface area contributed by atoms with Crippen molar-refractivity contribution in [3.63, 3.8) is 0 Å². The highest BCUT2D eigenvalue weighted by Crippen LogP contribution is 2.39. The van der Waals surface area contributed by atoms with Crippen molar-refractivity contribution in [2.24, 2.45) is 0 Å². The van der Waals surface area contributed by atoms with Crippen LogP contribution in [-0.4, -0.2) is 22.1 Å². The predicted octanol–water partition coefficient (Wildman–Crippen LogP) is 3.67. The Labute approximate surface area is 122 Å². The van der Waals surface area contributed by atoms with E-state index in [0.29, 0.717) is 12.1 Å². The van der Waals surface area contributed by atoms with Crippen LogP contribution in [0.25, 0.3) is 11.0 Å². The minimum Gasteiger partial charge on any atom is -0.325 e. The SMILES string of the molecule is CCNC(C)Cc1nc2cc(Br)ccc2n1C1CC1. The zero-order valence-electron chi connectivity index (χ0n) is 11.5. The van der Waals surface area contributed by atoms with Crippen LogP contribution in [0.5, 0.6) is 0 Å². The van der Waals surface area contributed by atoms with E-state index in [0.717, 1.165) is 23.0 Å². The van der Waals surface area contributed by atoms with E-state index in [-0.39, 0.29) is 0 Å². The van der Waals surface area contributed by atoms with Crippen molar-refractivity contribution in [1.29, 1.82) is 0 Å². The van der Waals surface area contributed by atoms with Gasteiger partial charge in [-0.3, -0.25) is 0 Å². The predicted molar refractivity (Wildman–Crippen MR) is 82.5 cm³/mol. The second-order valence-corrected chi connectivity index (χ2v) is 6.34. The van der Waals surface area contributed by atoms with Crippen LogP contribution in [0.1, 0.15) is 38.6 Å². The zero-order valence-corrected chi connectivity index (χ0v) is 13.1. The van der Waals surface area contributed by atoms with Gasteiger partial charge in [-0.25, -0.2) is 4.98 Å². The fraction of sp³-hybridized carbons (Fsp3) is 0.533. The minimum absolute atomic E-state index is 0.475. The standard InChI is InChI=1S/C15H20BrN3/c1-3-17-10(2)8-15-18-13-9-11(16)4-7-14(13)19(15)12-5-6-12/h4,7,9-10,12,17H,3,5-6,8H2,1-2H3. The molecule has 0 spiro atoms. The van der Waals surface area contributed by atoms with Crippen molar-refractivity contribution in [3.05, 3.63) is 28.5 Å². The second-order valence-electron chi connectivity index (χ2n) is 5.43. The largest absolute Gasteiger partial charge is 0.325 e. The fourth-order valence-electron chi connectivity index (χ4n) is 2.70. The molecule has 1 aromatic heterocycles. The van der Waals surface area contributed by atoms with Crippen molar-refractivity contribution >= 4 is 27.0 Å². The summed E-state index contributed by atoms with van der Waals surface area (Å²) in [4.78, 5) is 4.85. The number of aromatic nitrogens is 2. The van der Waals surface area contributed by atoms with Crippen LogP contribution in [0.3, 0.4) is 0 Å². The number of fused-ring (bicyclic) bond motifs is 1. The highest BCUT2D eigenvalue weighted by molar-refractivity contribution is 9.10. The summed E-state index contributed by atoms with van der Waals surface area (Å²) in [7, 11) is 0. The molecule has 1 fully saturated rings. The number of hydrogen-bond donors (Lipinski definition) is 1. The fourth-order valence-corrected chi connectivity index (χ4v) is 3.05. The van der Waals surface area contributed by atoms with Crippen LogP contribution in [0.15, 0.2) is 22.7 Å². The van der Waals surface area contributed by atoms with Gasteiger partial charge in [0.05, 0.1) is 11.0 Å². The van der Waals surface area contributed by atoms with Crippen LogP contribution in [0.2, 0.25) is 0 Å². The monoisotopic (exact) mass is 321 g/mol. The Balaban J connectivity index is 2.00. The first-order valence-corrected chi connectivity index (χ1v) is 7.88. The normalized spacial score (nSPS) is 17.0. The lowest BCUT2D eigenvalue weighted by molar-refractivity contribution is 0.536. The van der Waals surface area contributed by atoms with Crippen LogP contribution < -0.4 is 5.32 Å². The maximum Gasteiger partial charge on any atom is 0.111 e. The van der Waals surface area contributed by atoms with E-state index >= 15 is 0 Å². The van der Waals surface area contributed by atoms with E-state index in [9.17, 15) is 0 Å². The molecule has 3 nitrogen and oxygen atoms in total. The minimum atomic E-state index is 0.475. The lowest BCUT2D eigenvalue weighted by atomic mass is 10.2. The van der Waals surface area contributed by atoms with Gasteiger partial charge in [-0.1, -0.05) is 22.9 Å². The van der Waals surface area contributed by atoms with Gasteiger partial charge < -0.3 is 9.88 Å². The molecule has 1 heterocycles. The van der Waals surface area contributed by atoms with Gasteiger partial charge in [0, 0.05) is 23.0 Å². The van der Waals surface area contributed by atoms with Gasteiger partial charge in [0.25, 0.3) is 0 Å².